The van der Waals surface area contributed by atoms with Gasteiger partial charge in [0.25, 0.3) is 0 Å². The van der Waals surface area contributed by atoms with Crippen LogP contribution in [-0.2, 0) is 11.3 Å². The third kappa shape index (κ3) is 3.80. The minimum absolute atomic E-state index is 0.295. The van der Waals surface area contributed by atoms with Gasteiger partial charge in [0.2, 0.25) is 11.8 Å². The number of nitrogens with zero attached hydrogens (tertiary/aromatic N) is 2. The average Bonchev–Trinajstić information content (AvgIpc) is 3.26. The van der Waals surface area contributed by atoms with E-state index >= 15 is 0 Å². The third-order valence-electron chi connectivity index (χ3n) is 3.77. The number of aromatic nitrogens is 2. The molecule has 1 fully saturated rings. The van der Waals surface area contributed by atoms with Crippen LogP contribution in [-0.4, -0.2) is 43.7 Å². The van der Waals surface area contributed by atoms with Gasteiger partial charge in [-0.15, -0.1) is 10.2 Å². The molecule has 1 saturated heterocycles. The number of benzene rings is 1. The van der Waals surface area contributed by atoms with Crippen LogP contribution >= 0.6 is 0 Å². The Balaban J connectivity index is 1.62. The lowest BCUT2D eigenvalue weighted by atomic mass is 10.2. The van der Waals surface area contributed by atoms with E-state index in [0.29, 0.717) is 35.9 Å². The first-order valence-corrected chi connectivity index (χ1v) is 7.67. The van der Waals surface area contributed by atoms with Gasteiger partial charge in [-0.05, 0) is 31.0 Å². The number of rotatable bonds is 7. The van der Waals surface area contributed by atoms with Gasteiger partial charge in [0, 0.05) is 18.7 Å². The predicted molar refractivity (Wildman–Crippen MR) is 83.5 cm³/mol. The van der Waals surface area contributed by atoms with E-state index < -0.39 is 0 Å². The van der Waals surface area contributed by atoms with Crippen molar-refractivity contribution in [1.82, 2.24) is 15.5 Å². The molecule has 7 heteroatoms. The van der Waals surface area contributed by atoms with Crippen LogP contribution in [0.5, 0.6) is 11.5 Å². The zero-order valence-electron chi connectivity index (χ0n) is 13.4. The molecular weight excluding hydrogens is 298 g/mol. The van der Waals surface area contributed by atoms with Crippen LogP contribution in [0.2, 0.25) is 0 Å². The molecule has 0 spiro atoms. The fourth-order valence-electron chi connectivity index (χ4n) is 2.56. The van der Waals surface area contributed by atoms with Crippen molar-refractivity contribution in [3.8, 4) is 23.0 Å². The Morgan fingerprint density at radius 1 is 1.22 bits per heavy atom. The second-order valence-corrected chi connectivity index (χ2v) is 5.34. The van der Waals surface area contributed by atoms with E-state index in [1.807, 2.05) is 18.2 Å². The molecule has 0 saturated carbocycles. The SMILES string of the molecule is COc1ccc(-c2nnc(CNCC3CCCO3)o2)cc1OC. The summed E-state index contributed by atoms with van der Waals surface area (Å²) in [7, 11) is 3.19. The van der Waals surface area contributed by atoms with Crippen molar-refractivity contribution in [1.29, 1.82) is 0 Å². The molecule has 7 nitrogen and oxygen atoms in total. The molecule has 23 heavy (non-hydrogen) atoms. The fraction of sp³-hybridized carbons (Fsp3) is 0.500. The first-order valence-electron chi connectivity index (χ1n) is 7.67. The smallest absolute Gasteiger partial charge is 0.247 e. The quantitative estimate of drug-likeness (QED) is 0.836. The zero-order valence-corrected chi connectivity index (χ0v) is 13.4. The third-order valence-corrected chi connectivity index (χ3v) is 3.77. The summed E-state index contributed by atoms with van der Waals surface area (Å²) in [5.74, 6) is 2.29. The van der Waals surface area contributed by atoms with Crippen molar-refractivity contribution in [3.05, 3.63) is 24.1 Å². The van der Waals surface area contributed by atoms with Crippen molar-refractivity contribution in [3.63, 3.8) is 0 Å². The van der Waals surface area contributed by atoms with Crippen molar-refractivity contribution >= 4 is 0 Å². The van der Waals surface area contributed by atoms with Crippen LogP contribution in [0.4, 0.5) is 0 Å². The maximum atomic E-state index is 5.69. The summed E-state index contributed by atoms with van der Waals surface area (Å²) in [5.41, 5.74) is 0.792. The molecular formula is C16H21N3O4. The van der Waals surface area contributed by atoms with E-state index in [4.69, 9.17) is 18.6 Å². The van der Waals surface area contributed by atoms with Crippen molar-refractivity contribution in [2.24, 2.45) is 0 Å². The summed E-state index contributed by atoms with van der Waals surface area (Å²) < 4.78 is 21.7. The average molecular weight is 319 g/mol. The Kier molecular flexibility index (Phi) is 5.09. The summed E-state index contributed by atoms with van der Waals surface area (Å²) in [6.07, 6.45) is 2.53. The normalized spacial score (nSPS) is 17.4. The molecule has 1 aliphatic rings. The molecule has 1 aliphatic heterocycles. The molecule has 2 heterocycles. The Morgan fingerprint density at radius 3 is 2.83 bits per heavy atom. The highest BCUT2D eigenvalue weighted by molar-refractivity contribution is 5.59. The molecule has 2 aromatic rings. The molecule has 124 valence electrons. The van der Waals surface area contributed by atoms with Gasteiger partial charge in [0.1, 0.15) is 0 Å². The topological polar surface area (TPSA) is 78.6 Å². The first kappa shape index (κ1) is 15.8. The van der Waals surface area contributed by atoms with Crippen LogP contribution in [0.25, 0.3) is 11.5 Å². The van der Waals surface area contributed by atoms with Gasteiger partial charge in [-0.1, -0.05) is 0 Å². The monoisotopic (exact) mass is 319 g/mol. The highest BCUT2D eigenvalue weighted by Crippen LogP contribution is 2.31. The minimum Gasteiger partial charge on any atom is -0.493 e. The van der Waals surface area contributed by atoms with Crippen LogP contribution in [0.1, 0.15) is 18.7 Å². The molecule has 0 aliphatic carbocycles. The summed E-state index contributed by atoms with van der Waals surface area (Å²) in [6.45, 7) is 2.19. The van der Waals surface area contributed by atoms with Crippen LogP contribution < -0.4 is 14.8 Å². The van der Waals surface area contributed by atoms with Gasteiger partial charge in [-0.2, -0.15) is 0 Å². The molecule has 1 N–H and O–H groups in total. The molecule has 0 amide bonds. The lowest BCUT2D eigenvalue weighted by Gasteiger charge is -2.08. The van der Waals surface area contributed by atoms with E-state index in [1.165, 1.54) is 0 Å². The largest absolute Gasteiger partial charge is 0.493 e. The fourth-order valence-corrected chi connectivity index (χ4v) is 2.56. The van der Waals surface area contributed by atoms with E-state index in [9.17, 15) is 0 Å². The van der Waals surface area contributed by atoms with E-state index in [2.05, 4.69) is 15.5 Å². The van der Waals surface area contributed by atoms with Gasteiger partial charge in [-0.3, -0.25) is 0 Å². The second-order valence-electron chi connectivity index (χ2n) is 5.34. The van der Waals surface area contributed by atoms with Crippen molar-refractivity contribution in [2.75, 3.05) is 27.4 Å². The number of nitrogens with one attached hydrogen (secondary N) is 1. The van der Waals surface area contributed by atoms with E-state index in [0.717, 1.165) is 31.6 Å². The second kappa shape index (κ2) is 7.43. The van der Waals surface area contributed by atoms with Gasteiger partial charge < -0.3 is 23.9 Å². The van der Waals surface area contributed by atoms with Gasteiger partial charge >= 0.3 is 0 Å². The summed E-state index contributed by atoms with van der Waals surface area (Å²) in [5, 5.41) is 11.4. The Hall–Kier alpha value is -2.12. The molecule has 1 unspecified atom stereocenters. The van der Waals surface area contributed by atoms with Crippen molar-refractivity contribution in [2.45, 2.75) is 25.5 Å². The van der Waals surface area contributed by atoms with Crippen LogP contribution in [0, 0.1) is 0 Å². The van der Waals surface area contributed by atoms with Gasteiger partial charge in [-0.25, -0.2) is 0 Å². The van der Waals surface area contributed by atoms with E-state index in [-0.39, 0.29) is 0 Å². The van der Waals surface area contributed by atoms with Gasteiger partial charge in [0.15, 0.2) is 11.5 Å². The lowest BCUT2D eigenvalue weighted by molar-refractivity contribution is 0.109. The standard InChI is InChI=1S/C16H21N3O4/c1-20-13-6-5-11(8-14(13)21-2)16-19-18-15(23-16)10-17-9-12-4-3-7-22-12/h5-6,8,12,17H,3-4,7,9-10H2,1-2H3. The van der Waals surface area contributed by atoms with E-state index in [1.54, 1.807) is 14.2 Å². The van der Waals surface area contributed by atoms with Gasteiger partial charge in [0.05, 0.1) is 26.9 Å². The lowest BCUT2D eigenvalue weighted by Crippen LogP contribution is -2.25. The van der Waals surface area contributed by atoms with Crippen molar-refractivity contribution < 1.29 is 18.6 Å². The summed E-state index contributed by atoms with van der Waals surface area (Å²) in [6, 6.07) is 5.49. The molecule has 0 bridgehead atoms. The number of methoxy groups -OCH3 is 2. The van der Waals surface area contributed by atoms with Crippen LogP contribution in [0.3, 0.4) is 0 Å². The molecule has 1 atom stereocenters. The maximum absolute atomic E-state index is 5.69. The minimum atomic E-state index is 0.295. The summed E-state index contributed by atoms with van der Waals surface area (Å²) >= 11 is 0. The molecule has 3 rings (SSSR count). The highest BCUT2D eigenvalue weighted by atomic mass is 16.5. The van der Waals surface area contributed by atoms with Crippen LogP contribution in [0.15, 0.2) is 22.6 Å². The molecule has 1 aromatic heterocycles. The molecule has 1 aromatic carbocycles. The number of hydrogen-bond acceptors (Lipinski definition) is 7. The first-order chi connectivity index (χ1) is 11.3. The summed E-state index contributed by atoms with van der Waals surface area (Å²) in [4.78, 5) is 0. The highest BCUT2D eigenvalue weighted by Gasteiger charge is 2.16. The Labute approximate surface area is 134 Å². The molecule has 0 radical (unpaired) electrons. The maximum Gasteiger partial charge on any atom is 0.247 e. The number of ether oxygens (including phenoxy) is 3. The Morgan fingerprint density at radius 2 is 2.09 bits per heavy atom. The predicted octanol–water partition coefficient (Wildman–Crippen LogP) is 2.02. The zero-order chi connectivity index (χ0) is 16.1. The number of hydrogen-bond donors (Lipinski definition) is 1. The Bertz CT molecular complexity index is 638.